The second-order valence-electron chi connectivity index (χ2n) is 6.43. The van der Waals surface area contributed by atoms with Crippen molar-refractivity contribution in [2.75, 3.05) is 32.7 Å². The average molecular weight is 507 g/mol. The molecule has 1 aromatic carbocycles. The van der Waals surface area contributed by atoms with E-state index in [-0.39, 0.29) is 24.0 Å². The van der Waals surface area contributed by atoms with Crippen molar-refractivity contribution in [3.05, 3.63) is 34.3 Å². The Bertz CT molecular complexity index is 528. The molecule has 0 aliphatic carbocycles. The Kier molecular flexibility index (Phi) is 8.30. The van der Waals surface area contributed by atoms with Crippen molar-refractivity contribution in [1.82, 2.24) is 15.1 Å². The van der Waals surface area contributed by atoms with Crippen molar-refractivity contribution in [3.8, 4) is 0 Å². The minimum absolute atomic E-state index is 0. The van der Waals surface area contributed by atoms with Gasteiger partial charge in [0, 0.05) is 30.1 Å². The molecule has 24 heavy (non-hydrogen) atoms. The molecule has 0 radical (unpaired) electrons. The maximum Gasteiger partial charge on any atom is 0.194 e. The smallest absolute Gasteiger partial charge is 0.194 e. The number of likely N-dealkylation sites (tertiary alicyclic amines) is 2. The van der Waals surface area contributed by atoms with Crippen LogP contribution in [-0.4, -0.2) is 54.5 Å². The zero-order chi connectivity index (χ0) is 16.1. The van der Waals surface area contributed by atoms with Gasteiger partial charge in [0.2, 0.25) is 0 Å². The molecule has 1 aromatic rings. The molecule has 2 aliphatic heterocycles. The first kappa shape index (κ1) is 20.0. The third kappa shape index (κ3) is 5.33. The van der Waals surface area contributed by atoms with Gasteiger partial charge in [-0.1, -0.05) is 28.1 Å². The molecule has 1 N–H and O–H groups in total. The topological polar surface area (TPSA) is 30.9 Å². The third-order valence-corrected chi connectivity index (χ3v) is 5.31. The van der Waals surface area contributed by atoms with E-state index in [1.165, 1.54) is 37.9 Å². The maximum absolute atomic E-state index is 4.85. The van der Waals surface area contributed by atoms with E-state index in [1.807, 2.05) is 0 Å². The summed E-state index contributed by atoms with van der Waals surface area (Å²) in [7, 11) is 0. The summed E-state index contributed by atoms with van der Waals surface area (Å²) in [5.74, 6) is 1.07. The van der Waals surface area contributed by atoms with E-state index in [9.17, 15) is 0 Å². The SMILES string of the molecule is CCNC(=NCc1ccc(Br)cc1)N1CCC(N2CCCC2)C1.I. The van der Waals surface area contributed by atoms with Gasteiger partial charge in [-0.2, -0.15) is 0 Å². The molecule has 1 unspecified atom stereocenters. The number of aliphatic imine (C=N–C) groups is 1. The van der Waals surface area contributed by atoms with Crippen molar-refractivity contribution in [2.45, 2.75) is 38.8 Å². The summed E-state index contributed by atoms with van der Waals surface area (Å²) in [5.41, 5.74) is 1.25. The molecule has 1 atom stereocenters. The third-order valence-electron chi connectivity index (χ3n) is 4.78. The number of guanidine groups is 1. The fraction of sp³-hybridized carbons (Fsp3) is 0.611. The molecule has 3 rings (SSSR count). The van der Waals surface area contributed by atoms with Crippen molar-refractivity contribution in [3.63, 3.8) is 0 Å². The molecule has 0 saturated carbocycles. The highest BCUT2D eigenvalue weighted by molar-refractivity contribution is 14.0. The Morgan fingerprint density at radius 2 is 1.92 bits per heavy atom. The van der Waals surface area contributed by atoms with Gasteiger partial charge < -0.3 is 10.2 Å². The predicted molar refractivity (Wildman–Crippen MR) is 115 cm³/mol. The largest absolute Gasteiger partial charge is 0.357 e. The van der Waals surface area contributed by atoms with Crippen LogP contribution in [0.25, 0.3) is 0 Å². The van der Waals surface area contributed by atoms with Crippen LogP contribution in [0.3, 0.4) is 0 Å². The van der Waals surface area contributed by atoms with E-state index in [0.717, 1.165) is 36.6 Å². The van der Waals surface area contributed by atoms with Gasteiger partial charge >= 0.3 is 0 Å². The van der Waals surface area contributed by atoms with Gasteiger partial charge in [-0.15, -0.1) is 24.0 Å². The van der Waals surface area contributed by atoms with Crippen LogP contribution in [0.2, 0.25) is 0 Å². The van der Waals surface area contributed by atoms with Crippen LogP contribution in [0.1, 0.15) is 31.7 Å². The van der Waals surface area contributed by atoms with Crippen LogP contribution in [0, 0.1) is 0 Å². The van der Waals surface area contributed by atoms with Gasteiger partial charge in [-0.3, -0.25) is 4.90 Å². The molecule has 134 valence electrons. The minimum Gasteiger partial charge on any atom is -0.357 e. The summed E-state index contributed by atoms with van der Waals surface area (Å²) in [6.45, 7) is 8.60. The van der Waals surface area contributed by atoms with E-state index >= 15 is 0 Å². The number of halogens is 2. The molecule has 6 heteroatoms. The van der Waals surface area contributed by atoms with Crippen molar-refractivity contribution < 1.29 is 0 Å². The Morgan fingerprint density at radius 1 is 1.21 bits per heavy atom. The molecule has 0 aromatic heterocycles. The summed E-state index contributed by atoms with van der Waals surface area (Å²) in [5, 5.41) is 3.47. The summed E-state index contributed by atoms with van der Waals surface area (Å²) in [6, 6.07) is 9.14. The van der Waals surface area contributed by atoms with E-state index in [2.05, 4.69) is 62.2 Å². The number of nitrogens with zero attached hydrogens (tertiary/aromatic N) is 3. The summed E-state index contributed by atoms with van der Waals surface area (Å²) < 4.78 is 1.12. The van der Waals surface area contributed by atoms with Gasteiger partial charge in [0.05, 0.1) is 6.54 Å². The first-order valence-corrected chi connectivity index (χ1v) is 9.57. The van der Waals surface area contributed by atoms with Crippen molar-refractivity contribution in [1.29, 1.82) is 0 Å². The van der Waals surface area contributed by atoms with Crippen molar-refractivity contribution in [2.24, 2.45) is 4.99 Å². The second kappa shape index (κ2) is 9.97. The number of benzene rings is 1. The van der Waals surface area contributed by atoms with Gasteiger partial charge in [0.15, 0.2) is 5.96 Å². The normalized spacial score (nSPS) is 21.8. The molecule has 2 heterocycles. The standard InChI is InChI=1S/C18H27BrN4.HI/c1-2-20-18(21-13-15-5-7-16(19)8-6-15)23-12-9-17(14-23)22-10-3-4-11-22;/h5-8,17H,2-4,9-14H2,1H3,(H,20,21);1H. The van der Waals surface area contributed by atoms with Crippen LogP contribution in [0.4, 0.5) is 0 Å². The van der Waals surface area contributed by atoms with E-state index in [1.54, 1.807) is 0 Å². The predicted octanol–water partition coefficient (Wildman–Crippen LogP) is 3.70. The fourth-order valence-electron chi connectivity index (χ4n) is 3.52. The lowest BCUT2D eigenvalue weighted by Gasteiger charge is -2.25. The molecule has 2 aliphatic rings. The molecule has 0 amide bonds. The molecule has 2 fully saturated rings. The van der Waals surface area contributed by atoms with Gasteiger partial charge in [-0.05, 0) is 57.0 Å². The number of nitrogens with one attached hydrogen (secondary N) is 1. The van der Waals surface area contributed by atoms with Crippen LogP contribution in [0.5, 0.6) is 0 Å². The monoisotopic (exact) mass is 506 g/mol. The Morgan fingerprint density at radius 3 is 2.58 bits per heavy atom. The summed E-state index contributed by atoms with van der Waals surface area (Å²) in [6.07, 6.45) is 4.01. The first-order chi connectivity index (χ1) is 11.3. The van der Waals surface area contributed by atoms with Crippen LogP contribution in [-0.2, 0) is 6.54 Å². The lowest BCUT2D eigenvalue weighted by atomic mass is 10.2. The zero-order valence-corrected chi connectivity index (χ0v) is 18.3. The lowest BCUT2D eigenvalue weighted by molar-refractivity contribution is 0.249. The zero-order valence-electron chi connectivity index (χ0n) is 14.4. The molecular formula is C18H28BrIN4. The summed E-state index contributed by atoms with van der Waals surface area (Å²) in [4.78, 5) is 9.95. The Hall–Kier alpha value is -0.340. The van der Waals surface area contributed by atoms with E-state index in [0.29, 0.717) is 6.04 Å². The molecule has 0 spiro atoms. The number of rotatable bonds is 4. The van der Waals surface area contributed by atoms with Crippen LogP contribution < -0.4 is 5.32 Å². The average Bonchev–Trinajstić information content (AvgIpc) is 3.24. The van der Waals surface area contributed by atoms with Crippen LogP contribution in [0.15, 0.2) is 33.7 Å². The van der Waals surface area contributed by atoms with Gasteiger partial charge in [0.1, 0.15) is 0 Å². The highest BCUT2D eigenvalue weighted by Gasteiger charge is 2.30. The molecular weight excluding hydrogens is 479 g/mol. The molecule has 0 bridgehead atoms. The molecule has 2 saturated heterocycles. The second-order valence-corrected chi connectivity index (χ2v) is 7.34. The fourth-order valence-corrected chi connectivity index (χ4v) is 3.79. The number of hydrogen-bond donors (Lipinski definition) is 1. The first-order valence-electron chi connectivity index (χ1n) is 8.78. The highest BCUT2D eigenvalue weighted by Crippen LogP contribution is 2.20. The number of hydrogen-bond acceptors (Lipinski definition) is 2. The van der Waals surface area contributed by atoms with Gasteiger partial charge in [0.25, 0.3) is 0 Å². The lowest BCUT2D eigenvalue weighted by Crippen LogP contribution is -2.42. The Labute approximate surface area is 171 Å². The van der Waals surface area contributed by atoms with E-state index in [4.69, 9.17) is 4.99 Å². The maximum atomic E-state index is 4.85. The van der Waals surface area contributed by atoms with Crippen molar-refractivity contribution >= 4 is 45.9 Å². The highest BCUT2D eigenvalue weighted by atomic mass is 127. The van der Waals surface area contributed by atoms with E-state index < -0.39 is 0 Å². The Balaban J connectivity index is 0.00000208. The summed E-state index contributed by atoms with van der Waals surface area (Å²) >= 11 is 3.48. The minimum atomic E-state index is 0. The van der Waals surface area contributed by atoms with Crippen LogP contribution >= 0.6 is 39.9 Å². The van der Waals surface area contributed by atoms with Gasteiger partial charge in [-0.25, -0.2) is 4.99 Å². The quantitative estimate of drug-likeness (QED) is 0.383. The molecule has 4 nitrogen and oxygen atoms in total.